The third-order valence-corrected chi connectivity index (χ3v) is 5.23. The Balaban J connectivity index is 1.52. The van der Waals surface area contributed by atoms with Crippen molar-refractivity contribution < 1.29 is 13.9 Å². The maximum absolute atomic E-state index is 13.8. The Kier molecular flexibility index (Phi) is 5.65. The molecule has 0 amide bonds. The Morgan fingerprint density at radius 2 is 1.92 bits per heavy atom. The van der Waals surface area contributed by atoms with Crippen molar-refractivity contribution in [1.29, 1.82) is 5.26 Å². The molecule has 2 aliphatic rings. The third-order valence-electron chi connectivity index (χ3n) is 5.23. The van der Waals surface area contributed by atoms with E-state index in [2.05, 4.69) is 6.58 Å². The molecule has 1 aliphatic heterocycles. The second-order valence-corrected chi connectivity index (χ2v) is 6.89. The van der Waals surface area contributed by atoms with Gasteiger partial charge in [-0.1, -0.05) is 12.1 Å². The van der Waals surface area contributed by atoms with Crippen molar-refractivity contribution in [1.82, 2.24) is 0 Å². The van der Waals surface area contributed by atoms with Crippen LogP contribution in [0.4, 0.5) is 4.39 Å². The summed E-state index contributed by atoms with van der Waals surface area (Å²) in [5, 5.41) is 8.83. The van der Waals surface area contributed by atoms with Crippen molar-refractivity contribution in [3.63, 3.8) is 0 Å². The van der Waals surface area contributed by atoms with E-state index in [1.807, 2.05) is 18.2 Å². The fourth-order valence-corrected chi connectivity index (χ4v) is 3.80. The monoisotopic (exact) mass is 329 g/mol. The summed E-state index contributed by atoms with van der Waals surface area (Å²) in [5.74, 6) is 0.802. The predicted octanol–water partition coefficient (Wildman–Crippen LogP) is 4.54. The van der Waals surface area contributed by atoms with E-state index >= 15 is 0 Å². The van der Waals surface area contributed by atoms with E-state index in [0.717, 1.165) is 50.9 Å². The summed E-state index contributed by atoms with van der Waals surface area (Å²) in [6, 6.07) is 6.87. The third kappa shape index (κ3) is 3.85. The lowest BCUT2D eigenvalue weighted by molar-refractivity contribution is -0.228. The van der Waals surface area contributed by atoms with Crippen molar-refractivity contribution in [3.8, 4) is 6.07 Å². The van der Waals surface area contributed by atoms with Gasteiger partial charge < -0.3 is 9.47 Å². The van der Waals surface area contributed by atoms with Gasteiger partial charge in [-0.2, -0.15) is 5.26 Å². The quantitative estimate of drug-likeness (QED) is 0.762. The molecule has 2 fully saturated rings. The van der Waals surface area contributed by atoms with E-state index in [-0.39, 0.29) is 11.9 Å². The van der Waals surface area contributed by atoms with Gasteiger partial charge in [0.05, 0.1) is 18.8 Å². The Labute approximate surface area is 143 Å². The first-order valence-corrected chi connectivity index (χ1v) is 8.75. The number of benzene rings is 1. The lowest BCUT2D eigenvalue weighted by Gasteiger charge is -2.37. The van der Waals surface area contributed by atoms with Gasteiger partial charge in [-0.15, -0.1) is 6.58 Å². The van der Waals surface area contributed by atoms with E-state index in [4.69, 9.17) is 14.7 Å². The topological polar surface area (TPSA) is 42.2 Å². The minimum absolute atomic E-state index is 0.0929. The lowest BCUT2D eigenvalue weighted by Crippen LogP contribution is -2.38. The van der Waals surface area contributed by atoms with Crippen LogP contribution in [0.1, 0.15) is 49.1 Å². The van der Waals surface area contributed by atoms with E-state index in [1.54, 1.807) is 6.07 Å². The molecule has 0 atom stereocenters. The smallest absolute Gasteiger partial charge is 0.160 e. The first-order valence-electron chi connectivity index (χ1n) is 8.75. The Bertz CT molecular complexity index is 609. The molecule has 1 aromatic rings. The van der Waals surface area contributed by atoms with Crippen LogP contribution in [0.5, 0.6) is 0 Å². The van der Waals surface area contributed by atoms with Crippen molar-refractivity contribution in [2.75, 3.05) is 13.2 Å². The molecule has 0 aromatic heterocycles. The molecule has 0 N–H and O–H groups in total. The average Bonchev–Trinajstić information content (AvgIpc) is 2.63. The van der Waals surface area contributed by atoms with Crippen LogP contribution in [0.3, 0.4) is 0 Å². The van der Waals surface area contributed by atoms with Crippen LogP contribution < -0.4 is 0 Å². The number of hydrogen-bond donors (Lipinski definition) is 0. The molecule has 0 radical (unpaired) electrons. The van der Waals surface area contributed by atoms with Crippen LogP contribution in [-0.2, 0) is 9.47 Å². The van der Waals surface area contributed by atoms with Gasteiger partial charge in [0.25, 0.3) is 0 Å². The number of rotatable bonds is 4. The highest BCUT2D eigenvalue weighted by Crippen LogP contribution is 2.39. The number of allylic oxidation sites excluding steroid dienone is 1. The van der Waals surface area contributed by atoms with Crippen LogP contribution in [0.25, 0.3) is 0 Å². The van der Waals surface area contributed by atoms with E-state index in [0.29, 0.717) is 17.8 Å². The molecule has 1 saturated carbocycles. The van der Waals surface area contributed by atoms with Gasteiger partial charge in [-0.05, 0) is 55.7 Å². The van der Waals surface area contributed by atoms with E-state index < -0.39 is 5.82 Å². The fraction of sp³-hybridized carbons (Fsp3) is 0.550. The van der Waals surface area contributed by atoms with E-state index in [1.165, 1.54) is 6.07 Å². The Morgan fingerprint density at radius 1 is 1.21 bits per heavy atom. The summed E-state index contributed by atoms with van der Waals surface area (Å²) in [5.41, 5.74) is 1.12. The van der Waals surface area contributed by atoms with Crippen molar-refractivity contribution in [2.45, 2.75) is 44.3 Å². The first kappa shape index (κ1) is 17.1. The zero-order valence-corrected chi connectivity index (χ0v) is 13.9. The highest BCUT2D eigenvalue weighted by Gasteiger charge is 2.32. The highest BCUT2D eigenvalue weighted by molar-refractivity contribution is 5.34. The molecule has 4 heteroatoms. The minimum atomic E-state index is -0.413. The average molecular weight is 329 g/mol. The largest absolute Gasteiger partial charge is 0.352 e. The predicted molar refractivity (Wildman–Crippen MR) is 89.8 cm³/mol. The van der Waals surface area contributed by atoms with Gasteiger partial charge in [0.1, 0.15) is 11.9 Å². The number of halogens is 1. The molecule has 1 aliphatic carbocycles. The fourth-order valence-electron chi connectivity index (χ4n) is 3.80. The zero-order valence-electron chi connectivity index (χ0n) is 13.9. The van der Waals surface area contributed by atoms with Gasteiger partial charge in [0.2, 0.25) is 0 Å². The van der Waals surface area contributed by atoms with Crippen molar-refractivity contribution >= 4 is 0 Å². The normalized spacial score (nSPS) is 30.5. The summed E-state index contributed by atoms with van der Waals surface area (Å²) in [7, 11) is 0. The highest BCUT2D eigenvalue weighted by atomic mass is 19.1. The molecule has 1 aromatic carbocycles. The maximum atomic E-state index is 13.8. The first-order chi connectivity index (χ1) is 11.7. The summed E-state index contributed by atoms with van der Waals surface area (Å²) >= 11 is 0. The van der Waals surface area contributed by atoms with E-state index in [9.17, 15) is 4.39 Å². The van der Waals surface area contributed by atoms with Gasteiger partial charge in [-0.25, -0.2) is 4.39 Å². The SMILES string of the molecule is C=CCC1COC([C@H]2CC[C@H](c3ccc(C#N)c(F)c3)CC2)OC1. The summed E-state index contributed by atoms with van der Waals surface area (Å²) in [4.78, 5) is 0. The van der Waals surface area contributed by atoms with Crippen LogP contribution in [0.2, 0.25) is 0 Å². The molecule has 3 rings (SSSR count). The van der Waals surface area contributed by atoms with Crippen LogP contribution in [0, 0.1) is 29.0 Å². The second kappa shape index (κ2) is 7.92. The Hall–Kier alpha value is -1.70. The van der Waals surface area contributed by atoms with Gasteiger partial charge in [0, 0.05) is 11.8 Å². The zero-order chi connectivity index (χ0) is 16.9. The van der Waals surface area contributed by atoms with Crippen LogP contribution in [-0.4, -0.2) is 19.5 Å². The number of nitriles is 1. The molecule has 128 valence electrons. The Morgan fingerprint density at radius 3 is 2.50 bits per heavy atom. The second-order valence-electron chi connectivity index (χ2n) is 6.89. The number of ether oxygens (including phenoxy) is 2. The molecular formula is C20H24FNO2. The molecule has 24 heavy (non-hydrogen) atoms. The van der Waals surface area contributed by atoms with Crippen LogP contribution >= 0.6 is 0 Å². The standard InChI is InChI=1S/C20H24FNO2/c1-2-3-14-12-23-20(24-13-14)16-6-4-15(5-7-16)17-8-9-18(11-22)19(21)10-17/h2,8-10,14-16,20H,1,3-7,12-13H2/t14?,15-,16-,20?. The van der Waals surface area contributed by atoms with Gasteiger partial charge in [-0.3, -0.25) is 0 Å². The molecule has 0 spiro atoms. The molecule has 1 heterocycles. The summed E-state index contributed by atoms with van der Waals surface area (Å²) < 4.78 is 25.6. The molecular weight excluding hydrogens is 305 g/mol. The number of hydrogen-bond acceptors (Lipinski definition) is 3. The van der Waals surface area contributed by atoms with Crippen molar-refractivity contribution in [2.24, 2.45) is 11.8 Å². The van der Waals surface area contributed by atoms with Crippen molar-refractivity contribution in [3.05, 3.63) is 47.8 Å². The summed E-state index contributed by atoms with van der Waals surface area (Å²) in [6.45, 7) is 5.26. The molecule has 1 saturated heterocycles. The maximum Gasteiger partial charge on any atom is 0.160 e. The summed E-state index contributed by atoms with van der Waals surface area (Å²) in [6.07, 6.45) is 6.84. The number of nitrogens with zero attached hydrogens (tertiary/aromatic N) is 1. The van der Waals surface area contributed by atoms with Gasteiger partial charge in [0.15, 0.2) is 6.29 Å². The lowest BCUT2D eigenvalue weighted by atomic mass is 9.78. The van der Waals surface area contributed by atoms with Gasteiger partial charge >= 0.3 is 0 Å². The minimum Gasteiger partial charge on any atom is -0.352 e. The molecule has 0 bridgehead atoms. The molecule has 0 unspecified atom stereocenters. The van der Waals surface area contributed by atoms with Crippen LogP contribution in [0.15, 0.2) is 30.9 Å². The molecule has 3 nitrogen and oxygen atoms in total.